The molecule has 0 bridgehead atoms. The molecule has 36 heavy (non-hydrogen) atoms. The minimum Gasteiger partial charge on any atom is -0.312 e. The van der Waals surface area contributed by atoms with Crippen molar-refractivity contribution in [3.63, 3.8) is 0 Å². The molecule has 4 aromatic rings. The van der Waals surface area contributed by atoms with Crippen LogP contribution >= 0.6 is 0 Å². The van der Waals surface area contributed by atoms with Crippen molar-refractivity contribution in [1.82, 2.24) is 14.3 Å². The predicted molar refractivity (Wildman–Crippen MR) is 140 cm³/mol. The van der Waals surface area contributed by atoms with Crippen molar-refractivity contribution in [3.05, 3.63) is 114 Å². The first kappa shape index (κ1) is 23.7. The molecule has 8 heteroatoms. The predicted octanol–water partition coefficient (Wildman–Crippen LogP) is 3.99. The number of nitrogens with one attached hydrogen (secondary N) is 1. The quantitative estimate of drug-likeness (QED) is 0.391. The summed E-state index contributed by atoms with van der Waals surface area (Å²) in [5, 5.41) is 0. The van der Waals surface area contributed by atoms with Gasteiger partial charge in [-0.15, -0.1) is 0 Å². The molecule has 7 nitrogen and oxygen atoms in total. The topological polar surface area (TPSA) is 84.3 Å². The van der Waals surface area contributed by atoms with Gasteiger partial charge in [-0.2, -0.15) is 0 Å². The van der Waals surface area contributed by atoms with Crippen LogP contribution in [-0.2, 0) is 27.7 Å². The van der Waals surface area contributed by atoms with E-state index in [1.165, 1.54) is 34.2 Å². The summed E-state index contributed by atoms with van der Waals surface area (Å²) in [5.41, 5.74) is 4.84. The fourth-order valence-electron chi connectivity index (χ4n) is 4.35. The number of sulfonamides is 1. The number of nitrogens with zero attached hydrogens (tertiary/aromatic N) is 3. The smallest absolute Gasteiger partial charge is 0.250 e. The van der Waals surface area contributed by atoms with E-state index in [1.807, 2.05) is 59.3 Å². The Morgan fingerprint density at radius 2 is 1.67 bits per heavy atom. The summed E-state index contributed by atoms with van der Waals surface area (Å²) < 4.78 is 30.5. The molecule has 0 saturated heterocycles. The molecule has 0 aliphatic heterocycles. The van der Waals surface area contributed by atoms with Crippen molar-refractivity contribution in [3.8, 4) is 5.69 Å². The van der Waals surface area contributed by atoms with Gasteiger partial charge >= 0.3 is 0 Å². The molecule has 1 N–H and O–H groups in total. The minimum absolute atomic E-state index is 0.157. The van der Waals surface area contributed by atoms with Gasteiger partial charge in [0, 0.05) is 42.9 Å². The lowest BCUT2D eigenvalue weighted by molar-refractivity contribution is -0.113. The number of imidazole rings is 1. The molecule has 5 rings (SSSR count). The lowest BCUT2D eigenvalue weighted by atomic mass is 10.1. The molecular weight excluding hydrogens is 472 g/mol. The first-order chi connectivity index (χ1) is 17.4. The van der Waals surface area contributed by atoms with Gasteiger partial charge in [-0.05, 0) is 72.0 Å². The Bertz CT molecular complexity index is 1470. The largest absolute Gasteiger partial charge is 0.312 e. The number of rotatable bonds is 7. The second-order valence-corrected chi connectivity index (χ2v) is 10.5. The Hall–Kier alpha value is -4.01. The van der Waals surface area contributed by atoms with Crippen molar-refractivity contribution in [2.75, 3.05) is 11.9 Å². The van der Waals surface area contributed by atoms with Crippen LogP contribution in [0.5, 0.6) is 0 Å². The number of amides is 1. The van der Waals surface area contributed by atoms with Crippen LogP contribution in [-0.4, -0.2) is 37.0 Å². The number of hydrogen-bond donors (Lipinski definition) is 1. The monoisotopic (exact) mass is 498 g/mol. The van der Waals surface area contributed by atoms with Gasteiger partial charge in [0.15, 0.2) is 0 Å². The summed E-state index contributed by atoms with van der Waals surface area (Å²) in [6.45, 7) is 0. The van der Waals surface area contributed by atoms with Gasteiger partial charge in [0.1, 0.15) is 0 Å². The Kier molecular flexibility index (Phi) is 6.54. The fourth-order valence-corrected chi connectivity index (χ4v) is 5.59. The molecule has 0 atom stereocenters. The molecule has 0 radical (unpaired) electrons. The van der Waals surface area contributed by atoms with Crippen LogP contribution in [0, 0.1) is 0 Å². The number of carbonyl (C=O) groups is 1. The van der Waals surface area contributed by atoms with Crippen molar-refractivity contribution in [2.45, 2.75) is 23.8 Å². The maximum Gasteiger partial charge on any atom is 0.250 e. The lowest BCUT2D eigenvalue weighted by Crippen LogP contribution is -2.35. The first-order valence-electron chi connectivity index (χ1n) is 11.6. The third-order valence-corrected chi connectivity index (χ3v) is 7.89. The number of aromatic nitrogens is 2. The SMILES string of the molecule is CN(C(=O)/C=C/c1ccc(-n2ccnc2)cc1)c1ccc(S(=O)(=O)NC2Cc3ccccc3C2)cc1. The Morgan fingerprint density at radius 3 is 2.28 bits per heavy atom. The fraction of sp³-hybridized carbons (Fsp3) is 0.143. The zero-order valence-electron chi connectivity index (χ0n) is 19.8. The average Bonchev–Trinajstić information content (AvgIpc) is 3.57. The second-order valence-electron chi connectivity index (χ2n) is 8.78. The third kappa shape index (κ3) is 5.15. The van der Waals surface area contributed by atoms with Crippen LogP contribution in [0.1, 0.15) is 16.7 Å². The number of carbonyl (C=O) groups excluding carboxylic acids is 1. The summed E-state index contributed by atoms with van der Waals surface area (Å²) >= 11 is 0. The summed E-state index contributed by atoms with van der Waals surface area (Å²) in [7, 11) is -2.00. The van der Waals surface area contributed by atoms with Crippen molar-refractivity contribution in [2.24, 2.45) is 0 Å². The standard InChI is InChI=1S/C28H26N4O3S/c1-31(28(33)15-8-21-6-9-26(10-7-21)32-17-16-29-20-32)25-11-13-27(14-12-25)36(34,35)30-24-18-22-4-2-3-5-23(22)19-24/h2-17,20,24,30H,18-19H2,1H3/b15-8+. The molecule has 0 fully saturated rings. The highest BCUT2D eigenvalue weighted by molar-refractivity contribution is 7.89. The third-order valence-electron chi connectivity index (χ3n) is 6.35. The molecule has 1 heterocycles. The van der Waals surface area contributed by atoms with Gasteiger partial charge in [-0.25, -0.2) is 18.1 Å². The minimum atomic E-state index is -3.66. The second kappa shape index (κ2) is 9.93. The highest BCUT2D eigenvalue weighted by Gasteiger charge is 2.26. The molecule has 1 amide bonds. The summed E-state index contributed by atoms with van der Waals surface area (Å²) in [5.74, 6) is -0.217. The Labute approximate surface area is 210 Å². The lowest BCUT2D eigenvalue weighted by Gasteiger charge is -2.17. The average molecular weight is 499 g/mol. The van der Waals surface area contributed by atoms with E-state index in [0.29, 0.717) is 18.5 Å². The maximum absolute atomic E-state index is 12.9. The van der Waals surface area contributed by atoms with E-state index in [1.54, 1.807) is 37.8 Å². The van der Waals surface area contributed by atoms with Gasteiger partial charge in [0.2, 0.25) is 10.0 Å². The number of hydrogen-bond acceptors (Lipinski definition) is 4. The number of benzene rings is 3. The molecule has 0 unspecified atom stereocenters. The molecule has 1 aliphatic rings. The van der Waals surface area contributed by atoms with E-state index in [0.717, 1.165) is 11.3 Å². The first-order valence-corrected chi connectivity index (χ1v) is 13.1. The summed E-state index contributed by atoms with van der Waals surface area (Å²) in [4.78, 5) is 18.4. The molecule has 1 aromatic heterocycles. The van der Waals surface area contributed by atoms with Crippen LogP contribution in [0.2, 0.25) is 0 Å². The molecule has 3 aromatic carbocycles. The maximum atomic E-state index is 12.9. The van der Waals surface area contributed by atoms with E-state index in [-0.39, 0.29) is 16.8 Å². The summed E-state index contributed by atoms with van der Waals surface area (Å²) in [6, 6.07) is 22.0. The van der Waals surface area contributed by atoms with E-state index in [9.17, 15) is 13.2 Å². The van der Waals surface area contributed by atoms with Gasteiger partial charge < -0.3 is 9.47 Å². The molecule has 0 spiro atoms. The molecule has 182 valence electrons. The molecule has 0 saturated carbocycles. The van der Waals surface area contributed by atoms with Crippen LogP contribution < -0.4 is 9.62 Å². The van der Waals surface area contributed by atoms with Gasteiger partial charge in [-0.1, -0.05) is 36.4 Å². The number of fused-ring (bicyclic) bond motifs is 1. The molecular formula is C28H26N4O3S. The van der Waals surface area contributed by atoms with E-state index in [2.05, 4.69) is 9.71 Å². The number of likely N-dealkylation sites (N-methyl/N-ethyl adjacent to an activating group) is 1. The van der Waals surface area contributed by atoms with Crippen molar-refractivity contribution < 1.29 is 13.2 Å². The Morgan fingerprint density at radius 1 is 1.00 bits per heavy atom. The number of anilines is 1. The van der Waals surface area contributed by atoms with E-state index in [4.69, 9.17) is 0 Å². The van der Waals surface area contributed by atoms with Gasteiger partial charge in [0.05, 0.1) is 11.2 Å². The molecule has 1 aliphatic carbocycles. The van der Waals surface area contributed by atoms with Gasteiger partial charge in [0.25, 0.3) is 5.91 Å². The highest BCUT2D eigenvalue weighted by atomic mass is 32.2. The Balaban J connectivity index is 1.21. The van der Waals surface area contributed by atoms with Crippen LogP contribution in [0.15, 0.2) is 102 Å². The zero-order chi connectivity index (χ0) is 25.1. The van der Waals surface area contributed by atoms with Crippen LogP contribution in [0.25, 0.3) is 11.8 Å². The van der Waals surface area contributed by atoms with E-state index >= 15 is 0 Å². The van der Waals surface area contributed by atoms with E-state index < -0.39 is 10.0 Å². The highest BCUT2D eigenvalue weighted by Crippen LogP contribution is 2.24. The zero-order valence-corrected chi connectivity index (χ0v) is 20.6. The van der Waals surface area contributed by atoms with Crippen LogP contribution in [0.4, 0.5) is 5.69 Å². The summed E-state index contributed by atoms with van der Waals surface area (Å²) in [6.07, 6.45) is 9.92. The van der Waals surface area contributed by atoms with Gasteiger partial charge in [-0.3, -0.25) is 4.79 Å². The normalized spacial score (nSPS) is 13.7. The van der Waals surface area contributed by atoms with Crippen molar-refractivity contribution in [1.29, 1.82) is 0 Å². The van der Waals surface area contributed by atoms with Crippen molar-refractivity contribution >= 4 is 27.7 Å². The van der Waals surface area contributed by atoms with Crippen LogP contribution in [0.3, 0.4) is 0 Å².